The SMILES string of the molecule is Cc1ccc(Br)nc1NC(=O)OC(C)(C)C. The quantitative estimate of drug-likeness (QED) is 0.804. The number of pyridine rings is 1. The van der Waals surface area contributed by atoms with Crippen molar-refractivity contribution >= 4 is 27.8 Å². The minimum atomic E-state index is -0.510. The first-order valence-corrected chi connectivity index (χ1v) is 5.70. The Balaban J connectivity index is 2.73. The number of amides is 1. The van der Waals surface area contributed by atoms with Gasteiger partial charge in [-0.05, 0) is 55.3 Å². The third kappa shape index (κ3) is 4.18. The van der Waals surface area contributed by atoms with Crippen LogP contribution in [0.1, 0.15) is 26.3 Å². The number of anilines is 1. The molecular formula is C11H15BrN2O2. The molecule has 1 amide bonds. The summed E-state index contributed by atoms with van der Waals surface area (Å²) >= 11 is 3.24. The molecule has 5 heteroatoms. The van der Waals surface area contributed by atoms with Crippen molar-refractivity contribution in [3.8, 4) is 0 Å². The summed E-state index contributed by atoms with van der Waals surface area (Å²) in [5.41, 5.74) is 0.373. The molecule has 1 heterocycles. The fourth-order valence-corrected chi connectivity index (χ4v) is 1.34. The number of nitrogens with zero attached hydrogens (tertiary/aromatic N) is 1. The molecule has 16 heavy (non-hydrogen) atoms. The fourth-order valence-electron chi connectivity index (χ4n) is 1.03. The number of rotatable bonds is 1. The number of ether oxygens (including phenoxy) is 1. The lowest BCUT2D eigenvalue weighted by molar-refractivity contribution is 0.0635. The summed E-state index contributed by atoms with van der Waals surface area (Å²) in [6, 6.07) is 3.68. The van der Waals surface area contributed by atoms with Crippen molar-refractivity contribution in [2.45, 2.75) is 33.3 Å². The lowest BCUT2D eigenvalue weighted by Gasteiger charge is -2.19. The molecule has 1 aromatic rings. The molecule has 4 nitrogen and oxygen atoms in total. The zero-order valence-electron chi connectivity index (χ0n) is 9.80. The van der Waals surface area contributed by atoms with E-state index in [1.165, 1.54) is 0 Å². The van der Waals surface area contributed by atoms with Crippen LogP contribution >= 0.6 is 15.9 Å². The second kappa shape index (κ2) is 4.82. The van der Waals surface area contributed by atoms with Crippen LogP contribution in [-0.2, 0) is 4.74 Å². The van der Waals surface area contributed by atoms with E-state index in [0.29, 0.717) is 10.4 Å². The molecule has 1 N–H and O–H groups in total. The Kier molecular flexibility index (Phi) is 3.91. The van der Waals surface area contributed by atoms with Crippen LogP contribution in [-0.4, -0.2) is 16.7 Å². The zero-order valence-corrected chi connectivity index (χ0v) is 11.4. The third-order valence-corrected chi connectivity index (χ3v) is 2.12. The molecule has 0 atom stereocenters. The van der Waals surface area contributed by atoms with E-state index in [-0.39, 0.29) is 0 Å². The van der Waals surface area contributed by atoms with E-state index in [0.717, 1.165) is 5.56 Å². The second-order valence-corrected chi connectivity index (χ2v) is 5.24. The van der Waals surface area contributed by atoms with Gasteiger partial charge in [-0.1, -0.05) is 6.07 Å². The molecule has 0 fully saturated rings. The van der Waals surface area contributed by atoms with Crippen LogP contribution in [0.5, 0.6) is 0 Å². The van der Waals surface area contributed by atoms with Gasteiger partial charge >= 0.3 is 6.09 Å². The summed E-state index contributed by atoms with van der Waals surface area (Å²) in [6.07, 6.45) is -0.499. The first kappa shape index (κ1) is 13.0. The molecule has 0 aliphatic carbocycles. The zero-order chi connectivity index (χ0) is 12.3. The summed E-state index contributed by atoms with van der Waals surface area (Å²) < 4.78 is 5.80. The number of aromatic nitrogens is 1. The highest BCUT2D eigenvalue weighted by molar-refractivity contribution is 9.10. The normalized spacial score (nSPS) is 11.1. The first-order valence-electron chi connectivity index (χ1n) is 4.91. The number of hydrogen-bond donors (Lipinski definition) is 1. The molecule has 0 saturated carbocycles. The number of carbonyl (C=O) groups excluding carboxylic acids is 1. The van der Waals surface area contributed by atoms with Crippen LogP contribution in [0.3, 0.4) is 0 Å². The van der Waals surface area contributed by atoms with Crippen molar-refractivity contribution in [1.29, 1.82) is 0 Å². The summed E-state index contributed by atoms with van der Waals surface area (Å²) in [5.74, 6) is 0.503. The minimum Gasteiger partial charge on any atom is -0.444 e. The summed E-state index contributed by atoms with van der Waals surface area (Å²) in [5, 5.41) is 2.61. The van der Waals surface area contributed by atoms with Crippen molar-refractivity contribution in [2.24, 2.45) is 0 Å². The molecule has 0 aliphatic rings. The molecule has 0 bridgehead atoms. The van der Waals surface area contributed by atoms with Gasteiger partial charge in [0.2, 0.25) is 0 Å². The van der Waals surface area contributed by atoms with Crippen molar-refractivity contribution < 1.29 is 9.53 Å². The molecule has 0 unspecified atom stereocenters. The van der Waals surface area contributed by atoms with Gasteiger partial charge in [-0.2, -0.15) is 0 Å². The van der Waals surface area contributed by atoms with E-state index in [2.05, 4.69) is 26.2 Å². The Bertz CT molecular complexity index is 399. The maximum Gasteiger partial charge on any atom is 0.413 e. The highest BCUT2D eigenvalue weighted by atomic mass is 79.9. The van der Waals surface area contributed by atoms with Crippen LogP contribution in [0, 0.1) is 6.92 Å². The topological polar surface area (TPSA) is 51.2 Å². The molecule has 0 saturated heterocycles. The number of nitrogens with one attached hydrogen (secondary N) is 1. The van der Waals surface area contributed by atoms with E-state index in [1.54, 1.807) is 0 Å². The molecular weight excluding hydrogens is 272 g/mol. The van der Waals surface area contributed by atoms with Crippen molar-refractivity contribution in [1.82, 2.24) is 4.98 Å². The Labute approximate surface area is 104 Å². The Morgan fingerprint density at radius 2 is 2.06 bits per heavy atom. The Hall–Kier alpha value is -1.10. The van der Waals surface area contributed by atoms with E-state index in [9.17, 15) is 4.79 Å². The van der Waals surface area contributed by atoms with Crippen LogP contribution in [0.2, 0.25) is 0 Å². The molecule has 1 aromatic heterocycles. The van der Waals surface area contributed by atoms with E-state index >= 15 is 0 Å². The predicted molar refractivity (Wildman–Crippen MR) is 66.5 cm³/mol. The van der Waals surface area contributed by atoms with Crippen LogP contribution in [0.25, 0.3) is 0 Å². The summed E-state index contributed by atoms with van der Waals surface area (Å²) in [4.78, 5) is 15.7. The van der Waals surface area contributed by atoms with Gasteiger partial charge in [-0.3, -0.25) is 5.32 Å². The molecule has 88 valence electrons. The number of hydrogen-bond acceptors (Lipinski definition) is 3. The van der Waals surface area contributed by atoms with Gasteiger partial charge in [-0.15, -0.1) is 0 Å². The van der Waals surface area contributed by atoms with Crippen molar-refractivity contribution in [3.05, 3.63) is 22.3 Å². The lowest BCUT2D eigenvalue weighted by atomic mass is 10.2. The van der Waals surface area contributed by atoms with E-state index in [4.69, 9.17) is 4.74 Å². The molecule has 1 rings (SSSR count). The largest absolute Gasteiger partial charge is 0.444 e. The minimum absolute atomic E-state index is 0.499. The van der Waals surface area contributed by atoms with Gasteiger partial charge in [-0.25, -0.2) is 9.78 Å². The van der Waals surface area contributed by atoms with Crippen LogP contribution in [0.4, 0.5) is 10.6 Å². The number of halogens is 1. The Morgan fingerprint density at radius 1 is 1.44 bits per heavy atom. The van der Waals surface area contributed by atoms with Crippen molar-refractivity contribution in [2.75, 3.05) is 5.32 Å². The lowest BCUT2D eigenvalue weighted by Crippen LogP contribution is -2.27. The van der Waals surface area contributed by atoms with E-state index < -0.39 is 11.7 Å². The van der Waals surface area contributed by atoms with Crippen molar-refractivity contribution in [3.63, 3.8) is 0 Å². The average Bonchev–Trinajstić information content (AvgIpc) is 2.08. The average molecular weight is 287 g/mol. The number of aryl methyl sites for hydroxylation is 1. The highest BCUT2D eigenvalue weighted by Gasteiger charge is 2.17. The van der Waals surface area contributed by atoms with Gasteiger partial charge < -0.3 is 4.74 Å². The van der Waals surface area contributed by atoms with Crippen LogP contribution < -0.4 is 5.32 Å². The smallest absolute Gasteiger partial charge is 0.413 e. The summed E-state index contributed by atoms with van der Waals surface area (Å²) in [7, 11) is 0. The molecule has 0 aromatic carbocycles. The maximum atomic E-state index is 11.5. The van der Waals surface area contributed by atoms with Gasteiger partial charge in [0.25, 0.3) is 0 Å². The van der Waals surface area contributed by atoms with Gasteiger partial charge in [0.05, 0.1) is 0 Å². The van der Waals surface area contributed by atoms with Gasteiger partial charge in [0.15, 0.2) is 0 Å². The predicted octanol–water partition coefficient (Wildman–Crippen LogP) is 3.50. The maximum absolute atomic E-state index is 11.5. The monoisotopic (exact) mass is 286 g/mol. The molecule has 0 radical (unpaired) electrons. The highest BCUT2D eigenvalue weighted by Crippen LogP contribution is 2.17. The van der Waals surface area contributed by atoms with Crippen LogP contribution in [0.15, 0.2) is 16.7 Å². The first-order chi connectivity index (χ1) is 7.28. The molecule has 0 aliphatic heterocycles. The number of carbonyl (C=O) groups is 1. The Morgan fingerprint density at radius 3 is 2.62 bits per heavy atom. The summed E-state index contributed by atoms with van der Waals surface area (Å²) in [6.45, 7) is 7.31. The second-order valence-electron chi connectivity index (χ2n) is 4.43. The standard InChI is InChI=1S/C11H15BrN2O2/c1-7-5-6-8(12)13-9(7)14-10(15)16-11(2,3)4/h5-6H,1-4H3,(H,13,14,15). The third-order valence-electron chi connectivity index (χ3n) is 1.68. The van der Waals surface area contributed by atoms with Gasteiger partial charge in [0, 0.05) is 0 Å². The van der Waals surface area contributed by atoms with Gasteiger partial charge in [0.1, 0.15) is 16.0 Å². The fraction of sp³-hybridized carbons (Fsp3) is 0.455. The molecule has 0 spiro atoms. The van der Waals surface area contributed by atoms with E-state index in [1.807, 2.05) is 39.8 Å².